The molecule has 1 saturated carbocycles. The third kappa shape index (κ3) is 3.70. The van der Waals surface area contributed by atoms with Gasteiger partial charge in [0.25, 0.3) is 0 Å². The van der Waals surface area contributed by atoms with Gasteiger partial charge in [0.05, 0.1) is 7.11 Å². The fourth-order valence-electron chi connectivity index (χ4n) is 3.35. The smallest absolute Gasteiger partial charge is 0.406 e. The summed E-state index contributed by atoms with van der Waals surface area (Å²) in [5.41, 5.74) is 2.21. The normalized spacial score (nSPS) is 19.7. The van der Waals surface area contributed by atoms with E-state index in [1.165, 1.54) is 18.7 Å². The highest BCUT2D eigenvalue weighted by atomic mass is 19.1. The molecule has 0 aliphatic heterocycles. The number of nitrogens with one attached hydrogen (secondary N) is 2. The van der Waals surface area contributed by atoms with Crippen LogP contribution in [-0.4, -0.2) is 49.3 Å². The van der Waals surface area contributed by atoms with Gasteiger partial charge in [-0.2, -0.15) is 0 Å². The van der Waals surface area contributed by atoms with Gasteiger partial charge in [0, 0.05) is 36.7 Å². The van der Waals surface area contributed by atoms with Gasteiger partial charge in [0.1, 0.15) is 5.82 Å². The summed E-state index contributed by atoms with van der Waals surface area (Å²) in [5, 5.41) is 3.71. The van der Waals surface area contributed by atoms with Crippen LogP contribution < -0.4 is 5.32 Å². The van der Waals surface area contributed by atoms with Crippen molar-refractivity contribution < 1.29 is 13.9 Å². The summed E-state index contributed by atoms with van der Waals surface area (Å²) < 4.78 is 18.1. The summed E-state index contributed by atoms with van der Waals surface area (Å²) in [6.45, 7) is 5.44. The lowest BCUT2D eigenvalue weighted by Gasteiger charge is -2.20. The molecule has 2 atom stereocenters. The highest BCUT2D eigenvalue weighted by Gasteiger charge is 2.40. The third-order valence-electron chi connectivity index (χ3n) is 4.82. The van der Waals surface area contributed by atoms with Gasteiger partial charge in [-0.1, -0.05) is 6.92 Å². The zero-order valence-corrected chi connectivity index (χ0v) is 14.1. The van der Waals surface area contributed by atoms with Crippen molar-refractivity contribution in [2.75, 3.05) is 33.3 Å². The van der Waals surface area contributed by atoms with Crippen molar-refractivity contribution in [1.29, 1.82) is 0 Å². The van der Waals surface area contributed by atoms with Crippen molar-refractivity contribution in [2.24, 2.45) is 5.92 Å². The number of benzene rings is 1. The number of hydrogen-bond donors (Lipinski definition) is 2. The number of aromatic nitrogens is 1. The summed E-state index contributed by atoms with van der Waals surface area (Å²) in [7, 11) is 1.37. The monoisotopic (exact) mass is 333 g/mol. The highest BCUT2D eigenvalue weighted by molar-refractivity contribution is 5.84. The first-order valence-corrected chi connectivity index (χ1v) is 8.43. The number of hydrogen-bond acceptors (Lipinski definition) is 3. The number of methoxy groups -OCH3 is 1. The van der Waals surface area contributed by atoms with E-state index in [0.717, 1.165) is 37.0 Å². The molecule has 1 aliphatic carbocycles. The fraction of sp³-hybridized carbons (Fsp3) is 0.500. The number of fused-ring (bicyclic) bond motifs is 1. The maximum absolute atomic E-state index is 13.5. The molecule has 1 aromatic carbocycles. The molecule has 3 rings (SSSR count). The van der Waals surface area contributed by atoms with Crippen LogP contribution in [0.15, 0.2) is 24.4 Å². The molecule has 1 aliphatic rings. The molecule has 0 saturated heterocycles. The predicted octanol–water partition coefficient (Wildman–Crippen LogP) is 3.09. The number of carbonyl (C=O) groups is 1. The number of ether oxygens (including phenoxy) is 1. The van der Waals surface area contributed by atoms with Crippen molar-refractivity contribution >= 4 is 17.0 Å². The van der Waals surface area contributed by atoms with Crippen LogP contribution in [0.4, 0.5) is 9.18 Å². The Hall–Kier alpha value is -2.08. The van der Waals surface area contributed by atoms with Crippen LogP contribution in [0.5, 0.6) is 0 Å². The summed E-state index contributed by atoms with van der Waals surface area (Å²) in [6, 6.07) is 4.90. The van der Waals surface area contributed by atoms with Crippen LogP contribution in [0.3, 0.4) is 0 Å². The molecule has 1 fully saturated rings. The van der Waals surface area contributed by atoms with E-state index in [1.54, 1.807) is 12.1 Å². The minimum absolute atomic E-state index is 0.190. The van der Waals surface area contributed by atoms with Crippen LogP contribution in [0.1, 0.15) is 24.8 Å². The Morgan fingerprint density at radius 2 is 2.33 bits per heavy atom. The third-order valence-corrected chi connectivity index (χ3v) is 4.82. The Morgan fingerprint density at radius 3 is 3.08 bits per heavy atom. The second-order valence-corrected chi connectivity index (χ2v) is 6.35. The molecule has 2 N–H and O–H groups in total. The lowest BCUT2D eigenvalue weighted by atomic mass is 10.1. The van der Waals surface area contributed by atoms with Gasteiger partial charge in [0.2, 0.25) is 0 Å². The predicted molar refractivity (Wildman–Crippen MR) is 91.6 cm³/mol. The zero-order valence-electron chi connectivity index (χ0n) is 14.1. The minimum atomic E-state index is -0.392. The van der Waals surface area contributed by atoms with Crippen LogP contribution in [0.2, 0.25) is 0 Å². The topological polar surface area (TPSA) is 57.4 Å². The molecule has 0 radical (unpaired) electrons. The van der Waals surface area contributed by atoms with Gasteiger partial charge in [-0.25, -0.2) is 9.18 Å². The van der Waals surface area contributed by atoms with Crippen molar-refractivity contribution in [2.45, 2.75) is 19.3 Å². The maximum Gasteiger partial charge on any atom is 0.406 e. The second kappa shape index (κ2) is 7.21. The van der Waals surface area contributed by atoms with Gasteiger partial charge in [-0.3, -0.25) is 0 Å². The van der Waals surface area contributed by atoms with E-state index in [-0.39, 0.29) is 5.82 Å². The maximum atomic E-state index is 13.5. The Balaban J connectivity index is 1.56. The molecule has 2 aromatic rings. The van der Waals surface area contributed by atoms with Crippen LogP contribution >= 0.6 is 0 Å². The number of alkyl carbamates (subject to hydrolysis) is 1. The summed E-state index contributed by atoms with van der Waals surface area (Å²) in [4.78, 5) is 16.7. The Morgan fingerprint density at radius 1 is 1.50 bits per heavy atom. The molecule has 1 aromatic heterocycles. The Labute approximate surface area is 141 Å². The van der Waals surface area contributed by atoms with E-state index in [2.05, 4.69) is 26.9 Å². The van der Waals surface area contributed by atoms with E-state index in [0.29, 0.717) is 18.4 Å². The lowest BCUT2D eigenvalue weighted by Crippen LogP contribution is -2.36. The number of amides is 1. The standard InChI is InChI=1S/C18H24FN3O2/c1-3-22(7-6-20-18(23)24-2)11-12-8-14(12)16-10-21-17-5-4-13(19)9-15(16)17/h4-5,9-10,12,14,21H,3,6-8,11H2,1-2H3,(H,20,23). The molecular formula is C18H24FN3O2. The molecule has 0 spiro atoms. The molecule has 1 heterocycles. The molecule has 130 valence electrons. The van der Waals surface area contributed by atoms with Crippen molar-refractivity contribution in [1.82, 2.24) is 15.2 Å². The van der Waals surface area contributed by atoms with Gasteiger partial charge >= 0.3 is 6.09 Å². The highest BCUT2D eigenvalue weighted by Crippen LogP contribution is 2.49. The van der Waals surface area contributed by atoms with Gasteiger partial charge in [-0.05, 0) is 48.6 Å². The van der Waals surface area contributed by atoms with Gasteiger partial charge in [0.15, 0.2) is 0 Å². The largest absolute Gasteiger partial charge is 0.453 e. The molecular weight excluding hydrogens is 309 g/mol. The minimum Gasteiger partial charge on any atom is -0.453 e. The summed E-state index contributed by atoms with van der Waals surface area (Å²) in [5.74, 6) is 0.887. The lowest BCUT2D eigenvalue weighted by molar-refractivity contribution is 0.168. The van der Waals surface area contributed by atoms with E-state index < -0.39 is 6.09 Å². The van der Waals surface area contributed by atoms with Crippen molar-refractivity contribution in [3.05, 3.63) is 35.8 Å². The molecule has 6 heteroatoms. The number of nitrogens with zero attached hydrogens (tertiary/aromatic N) is 1. The van der Waals surface area contributed by atoms with Crippen molar-refractivity contribution in [3.8, 4) is 0 Å². The second-order valence-electron chi connectivity index (χ2n) is 6.35. The quantitative estimate of drug-likeness (QED) is 0.819. The van der Waals surface area contributed by atoms with E-state index in [1.807, 2.05) is 6.20 Å². The summed E-state index contributed by atoms with van der Waals surface area (Å²) in [6.07, 6.45) is 2.75. The van der Waals surface area contributed by atoms with E-state index >= 15 is 0 Å². The van der Waals surface area contributed by atoms with Crippen LogP contribution in [0.25, 0.3) is 10.9 Å². The number of likely N-dealkylation sites (N-methyl/N-ethyl adjacent to an activating group) is 1. The van der Waals surface area contributed by atoms with Crippen LogP contribution in [-0.2, 0) is 4.74 Å². The number of carbonyl (C=O) groups excluding carboxylic acids is 1. The fourth-order valence-corrected chi connectivity index (χ4v) is 3.35. The van der Waals surface area contributed by atoms with E-state index in [4.69, 9.17) is 0 Å². The molecule has 1 amide bonds. The Bertz CT molecular complexity index is 715. The zero-order chi connectivity index (χ0) is 17.1. The van der Waals surface area contributed by atoms with Gasteiger partial charge in [-0.15, -0.1) is 0 Å². The molecule has 5 nitrogen and oxygen atoms in total. The number of halogens is 1. The number of H-pyrrole nitrogens is 1. The van der Waals surface area contributed by atoms with Gasteiger partial charge < -0.3 is 19.9 Å². The molecule has 0 bridgehead atoms. The average Bonchev–Trinajstić information content (AvgIpc) is 3.22. The van der Waals surface area contributed by atoms with E-state index in [9.17, 15) is 9.18 Å². The first-order chi connectivity index (χ1) is 11.6. The average molecular weight is 333 g/mol. The number of rotatable bonds is 7. The molecule has 2 unspecified atom stereocenters. The van der Waals surface area contributed by atoms with Crippen molar-refractivity contribution in [3.63, 3.8) is 0 Å². The molecule has 24 heavy (non-hydrogen) atoms. The Kier molecular flexibility index (Phi) is 5.04. The SMILES string of the molecule is CCN(CCNC(=O)OC)CC1CC1c1c[nH]c2ccc(F)cc12. The first kappa shape index (κ1) is 16.8. The summed E-state index contributed by atoms with van der Waals surface area (Å²) >= 11 is 0. The van der Waals surface area contributed by atoms with Crippen LogP contribution in [0, 0.1) is 11.7 Å². The number of aromatic amines is 1. The first-order valence-electron chi connectivity index (χ1n) is 8.43.